The summed E-state index contributed by atoms with van der Waals surface area (Å²) in [5, 5.41) is 4.42. The number of nitrogens with zero attached hydrogens (tertiary/aromatic N) is 4. The van der Waals surface area contributed by atoms with Crippen molar-refractivity contribution >= 4 is 70.5 Å². The molecule has 29 heavy (non-hydrogen) atoms. The number of hydrogen-bond donors (Lipinski definition) is 2. The third-order valence-electron chi connectivity index (χ3n) is 4.76. The summed E-state index contributed by atoms with van der Waals surface area (Å²) >= 11 is 5.42. The summed E-state index contributed by atoms with van der Waals surface area (Å²) in [6.45, 7) is 3.61. The van der Waals surface area contributed by atoms with E-state index in [1.54, 1.807) is 6.33 Å². The molecule has 2 N–H and O–H groups in total. The molecule has 0 saturated carbocycles. The molecule has 154 valence electrons. The van der Waals surface area contributed by atoms with E-state index in [9.17, 15) is 0 Å². The number of imidazole rings is 1. The number of fused-ring (bicyclic) bond motifs is 2. The number of nitrogens with one attached hydrogen (secondary N) is 2. The highest BCUT2D eigenvalue weighted by Gasteiger charge is 2.09. The van der Waals surface area contributed by atoms with Gasteiger partial charge in [0.1, 0.15) is 12.1 Å². The van der Waals surface area contributed by atoms with E-state index in [-0.39, 0.29) is 24.8 Å². The van der Waals surface area contributed by atoms with Crippen LogP contribution in [-0.2, 0) is 13.1 Å². The van der Waals surface area contributed by atoms with Gasteiger partial charge in [0.2, 0.25) is 0 Å². The van der Waals surface area contributed by atoms with Crippen molar-refractivity contribution in [2.24, 2.45) is 0 Å². The number of aromatic amines is 1. The van der Waals surface area contributed by atoms with Gasteiger partial charge < -0.3 is 19.8 Å². The van der Waals surface area contributed by atoms with Gasteiger partial charge >= 0.3 is 0 Å². The molecule has 4 aromatic rings. The molecule has 0 aliphatic carbocycles. The molecule has 6 nitrogen and oxygen atoms in total. The molecule has 0 fully saturated rings. The van der Waals surface area contributed by atoms with Gasteiger partial charge in [-0.1, -0.05) is 12.1 Å². The first-order chi connectivity index (χ1) is 13.1. The van der Waals surface area contributed by atoms with Gasteiger partial charge in [-0.2, -0.15) is 0 Å². The van der Waals surface area contributed by atoms with E-state index in [0.29, 0.717) is 6.54 Å². The second-order valence-electron chi connectivity index (χ2n) is 6.70. The van der Waals surface area contributed by atoms with Crippen LogP contribution in [0.3, 0.4) is 0 Å². The third kappa shape index (κ3) is 4.47. The maximum atomic E-state index is 5.42. The smallest absolute Gasteiger partial charge is 0.178 e. The normalized spacial score (nSPS) is 10.4. The minimum Gasteiger partial charge on any atom is -0.378 e. The summed E-state index contributed by atoms with van der Waals surface area (Å²) < 4.78 is 2.80. The summed E-state index contributed by atoms with van der Waals surface area (Å²) in [6.07, 6.45) is 1.60. The topological polar surface area (TPSA) is 61.8 Å². The van der Waals surface area contributed by atoms with Crippen LogP contribution in [0.25, 0.3) is 21.9 Å². The highest BCUT2D eigenvalue weighted by atomic mass is 35.5. The maximum absolute atomic E-state index is 5.42. The van der Waals surface area contributed by atoms with Crippen molar-refractivity contribution in [3.05, 3.63) is 53.1 Å². The number of anilines is 2. The highest BCUT2D eigenvalue weighted by molar-refractivity contribution is 7.71. The van der Waals surface area contributed by atoms with E-state index in [0.717, 1.165) is 39.1 Å². The van der Waals surface area contributed by atoms with Crippen LogP contribution in [0.5, 0.6) is 0 Å². The fraction of sp³-hybridized carbons (Fsp3) is 0.250. The first-order valence-electron chi connectivity index (χ1n) is 8.94. The molecular formula is C20H24Cl2N6S. The predicted octanol–water partition coefficient (Wildman–Crippen LogP) is 5.18. The van der Waals surface area contributed by atoms with Gasteiger partial charge in [0.05, 0.1) is 16.6 Å². The molecule has 2 aromatic carbocycles. The zero-order chi connectivity index (χ0) is 19.0. The molecule has 0 atom stereocenters. The van der Waals surface area contributed by atoms with Crippen molar-refractivity contribution in [1.82, 2.24) is 19.5 Å². The standard InChI is InChI=1S/C20H22N6S.2ClH/c1-4-26-18-10-16-15(9-17(18)24-20(26)27)19(23-12-22-16)21-11-13-5-7-14(8-6-13)25(2)3;;/h5-10,12H,4,11H2,1-3H3,(H,24,27)(H,21,22,23);2*1H. The van der Waals surface area contributed by atoms with E-state index in [1.807, 2.05) is 14.1 Å². The van der Waals surface area contributed by atoms with Crippen LogP contribution < -0.4 is 10.2 Å². The molecule has 0 spiro atoms. The van der Waals surface area contributed by atoms with Crippen LogP contribution in [0.1, 0.15) is 12.5 Å². The van der Waals surface area contributed by atoms with Gasteiger partial charge in [0.25, 0.3) is 0 Å². The summed E-state index contributed by atoms with van der Waals surface area (Å²) in [5.41, 5.74) is 5.36. The Morgan fingerprint density at radius 2 is 1.83 bits per heavy atom. The van der Waals surface area contributed by atoms with E-state index >= 15 is 0 Å². The van der Waals surface area contributed by atoms with E-state index < -0.39 is 0 Å². The monoisotopic (exact) mass is 450 g/mol. The molecule has 2 aromatic heterocycles. The molecule has 0 radical (unpaired) electrons. The Labute approximate surface area is 187 Å². The lowest BCUT2D eigenvalue weighted by Crippen LogP contribution is -2.08. The number of rotatable bonds is 5. The lowest BCUT2D eigenvalue weighted by molar-refractivity contribution is 0.774. The van der Waals surface area contributed by atoms with Crippen LogP contribution in [0.2, 0.25) is 0 Å². The van der Waals surface area contributed by atoms with E-state index in [2.05, 4.69) is 73.1 Å². The summed E-state index contributed by atoms with van der Waals surface area (Å²) in [7, 11) is 4.08. The minimum absolute atomic E-state index is 0. The number of halogens is 2. The molecule has 0 saturated heterocycles. The molecule has 4 rings (SSSR count). The van der Waals surface area contributed by atoms with Crippen LogP contribution >= 0.6 is 37.0 Å². The van der Waals surface area contributed by atoms with Gasteiger partial charge in [-0.15, -0.1) is 24.8 Å². The molecular weight excluding hydrogens is 427 g/mol. The number of aryl methyl sites for hydroxylation is 1. The fourth-order valence-electron chi connectivity index (χ4n) is 3.26. The summed E-state index contributed by atoms with van der Waals surface area (Å²) in [6, 6.07) is 12.6. The van der Waals surface area contributed by atoms with Gasteiger partial charge in [-0.05, 0) is 49.0 Å². The molecule has 0 amide bonds. The van der Waals surface area contributed by atoms with E-state index in [4.69, 9.17) is 12.2 Å². The quantitative estimate of drug-likeness (QED) is 0.410. The van der Waals surface area contributed by atoms with Crippen molar-refractivity contribution in [1.29, 1.82) is 0 Å². The molecule has 0 bridgehead atoms. The van der Waals surface area contributed by atoms with Crippen LogP contribution in [0.15, 0.2) is 42.7 Å². The molecule has 0 aliphatic heterocycles. The largest absolute Gasteiger partial charge is 0.378 e. The Kier molecular flexibility index (Phi) is 7.46. The molecule has 0 aliphatic rings. The third-order valence-corrected chi connectivity index (χ3v) is 5.08. The van der Waals surface area contributed by atoms with Crippen molar-refractivity contribution in [3.8, 4) is 0 Å². The molecule has 2 heterocycles. The lowest BCUT2D eigenvalue weighted by atomic mass is 10.2. The lowest BCUT2D eigenvalue weighted by Gasteiger charge is -2.13. The Morgan fingerprint density at radius 3 is 2.48 bits per heavy atom. The zero-order valence-electron chi connectivity index (χ0n) is 16.5. The second-order valence-corrected chi connectivity index (χ2v) is 7.08. The van der Waals surface area contributed by atoms with Gasteiger partial charge in [0.15, 0.2) is 4.77 Å². The van der Waals surface area contributed by atoms with Gasteiger partial charge in [-0.25, -0.2) is 9.97 Å². The SMILES string of the molecule is CCn1c(=S)[nH]c2cc3c(NCc4ccc(N(C)C)cc4)ncnc3cc21.Cl.Cl. The number of benzene rings is 2. The fourth-order valence-corrected chi connectivity index (χ4v) is 3.60. The first-order valence-corrected chi connectivity index (χ1v) is 9.35. The Bertz CT molecular complexity index is 1170. The number of H-pyrrole nitrogens is 1. The van der Waals surface area contributed by atoms with Crippen molar-refractivity contribution in [2.45, 2.75) is 20.0 Å². The molecule has 9 heteroatoms. The zero-order valence-corrected chi connectivity index (χ0v) is 18.9. The van der Waals surface area contributed by atoms with Crippen LogP contribution in [-0.4, -0.2) is 33.6 Å². The average molecular weight is 451 g/mol. The first kappa shape index (κ1) is 22.9. The predicted molar refractivity (Wildman–Crippen MR) is 128 cm³/mol. The average Bonchev–Trinajstić information content (AvgIpc) is 2.98. The Balaban J connectivity index is 0.00000150. The van der Waals surface area contributed by atoms with Crippen LogP contribution in [0.4, 0.5) is 11.5 Å². The van der Waals surface area contributed by atoms with E-state index in [1.165, 1.54) is 11.3 Å². The van der Waals surface area contributed by atoms with Gasteiger partial charge in [0, 0.05) is 38.3 Å². The van der Waals surface area contributed by atoms with Crippen molar-refractivity contribution in [3.63, 3.8) is 0 Å². The van der Waals surface area contributed by atoms with Crippen molar-refractivity contribution < 1.29 is 0 Å². The van der Waals surface area contributed by atoms with Crippen molar-refractivity contribution in [2.75, 3.05) is 24.3 Å². The van der Waals surface area contributed by atoms with Gasteiger partial charge in [-0.3, -0.25) is 0 Å². The Morgan fingerprint density at radius 1 is 1.10 bits per heavy atom. The molecule has 0 unspecified atom stereocenters. The summed E-state index contributed by atoms with van der Waals surface area (Å²) in [5.74, 6) is 0.821. The number of aromatic nitrogens is 4. The second kappa shape index (κ2) is 9.43. The maximum Gasteiger partial charge on any atom is 0.178 e. The highest BCUT2D eigenvalue weighted by Crippen LogP contribution is 2.26. The Hall–Kier alpha value is -2.35. The minimum atomic E-state index is 0. The summed E-state index contributed by atoms with van der Waals surface area (Å²) in [4.78, 5) is 14.3. The number of hydrogen-bond acceptors (Lipinski definition) is 5. The van der Waals surface area contributed by atoms with Crippen LogP contribution in [0, 0.1) is 4.77 Å².